The molecule has 0 aliphatic carbocycles. The number of hydrogen-bond donors (Lipinski definition) is 1. The maximum Gasteiger partial charge on any atom is 0.274 e. The zero-order chi connectivity index (χ0) is 21.9. The zero-order valence-corrected chi connectivity index (χ0v) is 18.0. The Kier molecular flexibility index (Phi) is 5.60. The van der Waals surface area contributed by atoms with Gasteiger partial charge in [-0.25, -0.2) is 19.3 Å². The number of rotatable bonds is 5. The molecule has 0 bridgehead atoms. The summed E-state index contributed by atoms with van der Waals surface area (Å²) in [6.07, 6.45) is 3.68. The number of para-hydroxylation sites is 1. The Balaban J connectivity index is 1.41. The van der Waals surface area contributed by atoms with E-state index in [1.54, 1.807) is 24.3 Å². The van der Waals surface area contributed by atoms with Crippen molar-refractivity contribution in [2.24, 2.45) is 0 Å². The van der Waals surface area contributed by atoms with E-state index in [1.165, 1.54) is 23.7 Å². The molecule has 1 aliphatic heterocycles. The van der Waals surface area contributed by atoms with Crippen LogP contribution in [0.5, 0.6) is 0 Å². The van der Waals surface area contributed by atoms with Gasteiger partial charge in [0.15, 0.2) is 0 Å². The number of amides is 1. The summed E-state index contributed by atoms with van der Waals surface area (Å²) in [6, 6.07) is 15.7. The molecule has 0 radical (unpaired) electrons. The van der Waals surface area contributed by atoms with Gasteiger partial charge in [0, 0.05) is 35.7 Å². The van der Waals surface area contributed by atoms with Gasteiger partial charge in [0.05, 0.1) is 11.4 Å². The first-order valence-corrected chi connectivity index (χ1v) is 11.3. The van der Waals surface area contributed by atoms with Crippen molar-refractivity contribution in [1.29, 1.82) is 0 Å². The van der Waals surface area contributed by atoms with Crippen molar-refractivity contribution in [1.82, 2.24) is 15.0 Å². The number of hydrogen-bond acceptors (Lipinski definition) is 6. The van der Waals surface area contributed by atoms with Crippen molar-refractivity contribution in [2.75, 3.05) is 23.3 Å². The zero-order valence-electron chi connectivity index (χ0n) is 17.2. The monoisotopic (exact) mass is 445 g/mol. The van der Waals surface area contributed by atoms with Gasteiger partial charge >= 0.3 is 0 Å². The maximum absolute atomic E-state index is 14.2. The highest BCUT2D eigenvalue weighted by atomic mass is 32.1. The van der Waals surface area contributed by atoms with Crippen molar-refractivity contribution in [3.63, 3.8) is 0 Å². The summed E-state index contributed by atoms with van der Waals surface area (Å²) in [4.78, 5) is 28.2. The minimum Gasteiger partial charge on any atom is -0.357 e. The first-order chi connectivity index (χ1) is 15.7. The van der Waals surface area contributed by atoms with Crippen molar-refractivity contribution in [3.8, 4) is 21.8 Å². The average Bonchev–Trinajstić information content (AvgIpc) is 3.53. The topological polar surface area (TPSA) is 71.0 Å². The van der Waals surface area contributed by atoms with E-state index in [2.05, 4.69) is 25.2 Å². The molecule has 0 atom stereocenters. The highest BCUT2D eigenvalue weighted by Crippen LogP contribution is 2.33. The van der Waals surface area contributed by atoms with E-state index in [9.17, 15) is 9.18 Å². The molecule has 1 amide bonds. The summed E-state index contributed by atoms with van der Waals surface area (Å²) < 4.78 is 14.2. The third kappa shape index (κ3) is 4.09. The minimum absolute atomic E-state index is 0.307. The first-order valence-electron chi connectivity index (χ1n) is 10.4. The Morgan fingerprint density at radius 1 is 1.00 bits per heavy atom. The van der Waals surface area contributed by atoms with Gasteiger partial charge in [0.25, 0.3) is 5.91 Å². The Morgan fingerprint density at radius 3 is 2.56 bits per heavy atom. The third-order valence-electron chi connectivity index (χ3n) is 5.38. The number of nitrogens with one attached hydrogen (secondary N) is 1. The SMILES string of the molecule is O=C(Nc1ccccc1-c1csc(-c2ccccc2F)n1)c1cc(N2CCCC2)ncn1. The average molecular weight is 446 g/mol. The molecule has 8 heteroatoms. The van der Waals surface area contributed by atoms with Gasteiger partial charge in [-0.1, -0.05) is 30.3 Å². The van der Waals surface area contributed by atoms with Crippen LogP contribution in [-0.4, -0.2) is 33.9 Å². The summed E-state index contributed by atoms with van der Waals surface area (Å²) in [5.41, 5.74) is 2.81. The van der Waals surface area contributed by atoms with Gasteiger partial charge in [-0.05, 0) is 31.0 Å². The molecule has 1 N–H and O–H groups in total. The normalized spacial score (nSPS) is 13.3. The molecule has 5 rings (SSSR count). The van der Waals surface area contributed by atoms with Crippen LogP contribution in [-0.2, 0) is 0 Å². The first kappa shape index (κ1) is 20.3. The van der Waals surface area contributed by atoms with E-state index < -0.39 is 0 Å². The van der Waals surface area contributed by atoms with Gasteiger partial charge in [0.2, 0.25) is 0 Å². The Labute approximate surface area is 188 Å². The predicted octanol–water partition coefficient (Wildman–Crippen LogP) is 5.26. The number of nitrogens with zero attached hydrogens (tertiary/aromatic N) is 4. The number of benzene rings is 2. The second kappa shape index (κ2) is 8.84. The fourth-order valence-electron chi connectivity index (χ4n) is 3.75. The van der Waals surface area contributed by atoms with Gasteiger partial charge in [-0.15, -0.1) is 11.3 Å². The van der Waals surface area contributed by atoms with Crippen molar-refractivity contribution in [3.05, 3.63) is 77.8 Å². The number of thiazole rings is 1. The lowest BCUT2D eigenvalue weighted by Crippen LogP contribution is -2.21. The van der Waals surface area contributed by atoms with Crippen LogP contribution < -0.4 is 10.2 Å². The summed E-state index contributed by atoms with van der Waals surface area (Å²) >= 11 is 1.36. The minimum atomic E-state index is -0.315. The molecular weight excluding hydrogens is 425 g/mol. The third-order valence-corrected chi connectivity index (χ3v) is 6.25. The lowest BCUT2D eigenvalue weighted by atomic mass is 10.1. The molecule has 2 aromatic heterocycles. The van der Waals surface area contributed by atoms with Gasteiger partial charge in [-0.3, -0.25) is 4.79 Å². The van der Waals surface area contributed by atoms with Gasteiger partial charge in [-0.2, -0.15) is 0 Å². The molecule has 1 aliphatic rings. The van der Waals surface area contributed by atoms with E-state index in [-0.39, 0.29) is 11.7 Å². The van der Waals surface area contributed by atoms with E-state index in [4.69, 9.17) is 0 Å². The molecule has 32 heavy (non-hydrogen) atoms. The van der Waals surface area contributed by atoms with E-state index in [1.807, 2.05) is 29.6 Å². The van der Waals surface area contributed by atoms with Crippen molar-refractivity contribution < 1.29 is 9.18 Å². The number of halogens is 1. The van der Waals surface area contributed by atoms with E-state index in [0.717, 1.165) is 37.3 Å². The van der Waals surface area contributed by atoms with Crippen LogP contribution in [0, 0.1) is 5.82 Å². The molecule has 6 nitrogen and oxygen atoms in total. The second-order valence-electron chi connectivity index (χ2n) is 7.47. The summed E-state index contributed by atoms with van der Waals surface area (Å²) in [6.45, 7) is 1.88. The fourth-order valence-corrected chi connectivity index (χ4v) is 4.59. The van der Waals surface area contributed by atoms with Crippen LogP contribution in [0.25, 0.3) is 21.8 Å². The quantitative estimate of drug-likeness (QED) is 0.454. The highest BCUT2D eigenvalue weighted by molar-refractivity contribution is 7.13. The summed E-state index contributed by atoms with van der Waals surface area (Å²) in [5.74, 6) is 0.141. The summed E-state index contributed by atoms with van der Waals surface area (Å²) in [5, 5.41) is 5.40. The lowest BCUT2D eigenvalue weighted by molar-refractivity contribution is 0.102. The molecule has 0 spiro atoms. The van der Waals surface area contributed by atoms with Crippen LogP contribution in [0.1, 0.15) is 23.3 Å². The number of carbonyl (C=O) groups is 1. The number of anilines is 2. The van der Waals surface area contributed by atoms with Gasteiger partial charge in [0.1, 0.15) is 28.7 Å². The molecular formula is C24H20FN5OS. The summed E-state index contributed by atoms with van der Waals surface area (Å²) in [7, 11) is 0. The van der Waals surface area contributed by atoms with Crippen molar-refractivity contribution in [2.45, 2.75) is 12.8 Å². The Morgan fingerprint density at radius 2 is 1.75 bits per heavy atom. The molecule has 160 valence electrons. The van der Waals surface area contributed by atoms with Crippen molar-refractivity contribution >= 4 is 28.7 Å². The second-order valence-corrected chi connectivity index (χ2v) is 8.33. The number of carbonyl (C=O) groups excluding carboxylic acids is 1. The van der Waals surface area contributed by atoms with Crippen LogP contribution in [0.2, 0.25) is 0 Å². The maximum atomic E-state index is 14.2. The smallest absolute Gasteiger partial charge is 0.274 e. The van der Waals surface area contributed by atoms with Gasteiger partial charge < -0.3 is 10.2 Å². The van der Waals surface area contributed by atoms with Crippen LogP contribution in [0.3, 0.4) is 0 Å². The molecule has 4 aromatic rings. The Hall–Kier alpha value is -3.65. The van der Waals surface area contributed by atoms with Crippen LogP contribution >= 0.6 is 11.3 Å². The largest absolute Gasteiger partial charge is 0.357 e. The molecule has 1 saturated heterocycles. The lowest BCUT2D eigenvalue weighted by Gasteiger charge is -2.16. The molecule has 0 unspecified atom stereocenters. The van der Waals surface area contributed by atoms with E-state index in [0.29, 0.717) is 27.6 Å². The van der Waals surface area contributed by atoms with E-state index >= 15 is 0 Å². The van der Waals surface area contributed by atoms with Crippen LogP contribution in [0.4, 0.5) is 15.9 Å². The molecule has 3 heterocycles. The fraction of sp³-hybridized carbons (Fsp3) is 0.167. The Bertz CT molecular complexity index is 1270. The number of aromatic nitrogens is 3. The predicted molar refractivity (Wildman–Crippen MR) is 124 cm³/mol. The molecule has 0 saturated carbocycles. The standard InChI is InChI=1S/C24H20FN5OS/c25-18-9-3-1-7-16(18)24-29-21(14-32-24)17-8-2-4-10-19(17)28-23(31)20-13-22(27-15-26-20)30-11-5-6-12-30/h1-4,7-10,13-15H,5-6,11-12H2,(H,28,31). The highest BCUT2D eigenvalue weighted by Gasteiger charge is 2.18. The molecule has 2 aromatic carbocycles. The van der Waals surface area contributed by atoms with Crippen LogP contribution in [0.15, 0.2) is 66.3 Å². The molecule has 1 fully saturated rings.